The van der Waals surface area contributed by atoms with E-state index in [1.165, 1.54) is 212 Å². The molecule has 0 N–H and O–H groups in total. The van der Waals surface area contributed by atoms with Crippen LogP contribution in [-0.2, 0) is 28.6 Å². The minimum absolute atomic E-state index is 0.0671. The molecule has 0 bridgehead atoms. The highest BCUT2D eigenvalue weighted by atomic mass is 16.6. The van der Waals surface area contributed by atoms with E-state index in [4.69, 9.17) is 14.2 Å². The molecule has 0 saturated carbocycles. The van der Waals surface area contributed by atoms with Gasteiger partial charge in [-0.25, -0.2) is 0 Å². The summed E-state index contributed by atoms with van der Waals surface area (Å²) in [5.41, 5.74) is 0. The summed E-state index contributed by atoms with van der Waals surface area (Å²) in [5, 5.41) is 0. The molecular weight excluding hydrogens is 793 g/mol. The van der Waals surface area contributed by atoms with Crippen LogP contribution in [0.3, 0.4) is 0 Å². The van der Waals surface area contributed by atoms with E-state index in [1.807, 2.05) is 0 Å². The van der Waals surface area contributed by atoms with Gasteiger partial charge in [-0.05, 0) is 38.5 Å². The number of unbranched alkanes of at least 4 members (excludes halogenated alkanes) is 40. The normalized spacial score (nSPS) is 12.0. The monoisotopic (exact) mass is 903 g/mol. The van der Waals surface area contributed by atoms with Crippen molar-refractivity contribution in [2.45, 2.75) is 329 Å². The number of carbonyl (C=O) groups is 3. The van der Waals surface area contributed by atoms with Crippen LogP contribution in [-0.4, -0.2) is 37.2 Å². The first-order valence-electron chi connectivity index (χ1n) is 28.7. The highest BCUT2D eigenvalue weighted by Crippen LogP contribution is 2.17. The van der Waals surface area contributed by atoms with Crippen molar-refractivity contribution >= 4 is 17.9 Å². The number of hydrogen-bond donors (Lipinski definition) is 0. The predicted molar refractivity (Wildman–Crippen MR) is 275 cm³/mol. The summed E-state index contributed by atoms with van der Waals surface area (Å²) in [6.45, 7) is 6.62. The third-order valence-corrected chi connectivity index (χ3v) is 13.0. The predicted octanol–water partition coefficient (Wildman–Crippen LogP) is 18.9. The molecule has 64 heavy (non-hydrogen) atoms. The van der Waals surface area contributed by atoms with Gasteiger partial charge in [0.25, 0.3) is 0 Å². The fraction of sp³-hybridized carbons (Fsp3) is 0.914. The second kappa shape index (κ2) is 53.8. The topological polar surface area (TPSA) is 78.9 Å². The summed E-state index contributed by atoms with van der Waals surface area (Å²) < 4.78 is 16.8. The summed E-state index contributed by atoms with van der Waals surface area (Å²) in [5.74, 6) is -0.859. The smallest absolute Gasteiger partial charge is 0.306 e. The molecule has 0 radical (unpaired) electrons. The second-order valence-electron chi connectivity index (χ2n) is 19.6. The molecule has 6 heteroatoms. The third-order valence-electron chi connectivity index (χ3n) is 13.0. The Hall–Kier alpha value is -1.85. The van der Waals surface area contributed by atoms with E-state index in [0.29, 0.717) is 19.3 Å². The Bertz CT molecular complexity index is 993. The molecule has 0 saturated heterocycles. The molecule has 0 aromatic carbocycles. The van der Waals surface area contributed by atoms with E-state index in [9.17, 15) is 14.4 Å². The summed E-state index contributed by atoms with van der Waals surface area (Å²) in [6, 6.07) is 0. The Kier molecular flexibility index (Phi) is 52.2. The quantitative estimate of drug-likeness (QED) is 0.0262. The first kappa shape index (κ1) is 62.1. The van der Waals surface area contributed by atoms with Gasteiger partial charge in [-0.15, -0.1) is 0 Å². The SMILES string of the molecule is CCC/C=C\CCCCCCCC(=O)OCC(COC(=O)CCCCCCCCCCCCCCCCCCCCCCCCCC)OC(=O)CCCCCCCCCCCCCC. The zero-order valence-corrected chi connectivity index (χ0v) is 43.3. The lowest BCUT2D eigenvalue weighted by molar-refractivity contribution is -0.167. The standard InChI is InChI=1S/C58H110O6/c1-4-7-10-13-16-19-22-24-25-26-27-28-29-30-31-32-33-34-35-37-39-42-45-48-51-57(60)63-54-55(53-62-56(59)50-47-44-41-38-21-18-15-12-9-6-3)64-58(61)52-49-46-43-40-36-23-20-17-14-11-8-5-2/h12,15,55H,4-11,13-14,16-54H2,1-3H3/b15-12-. The van der Waals surface area contributed by atoms with Crippen molar-refractivity contribution in [1.29, 1.82) is 0 Å². The highest BCUT2D eigenvalue weighted by molar-refractivity contribution is 5.71. The summed E-state index contributed by atoms with van der Waals surface area (Å²) in [4.78, 5) is 38.0. The maximum atomic E-state index is 12.8. The van der Waals surface area contributed by atoms with Gasteiger partial charge in [-0.1, -0.05) is 277 Å². The molecule has 0 aliphatic heterocycles. The van der Waals surface area contributed by atoms with Gasteiger partial charge in [0, 0.05) is 19.3 Å². The van der Waals surface area contributed by atoms with Gasteiger partial charge < -0.3 is 14.2 Å². The van der Waals surface area contributed by atoms with Gasteiger partial charge in [-0.3, -0.25) is 14.4 Å². The first-order valence-corrected chi connectivity index (χ1v) is 28.7. The van der Waals surface area contributed by atoms with Crippen molar-refractivity contribution in [2.75, 3.05) is 13.2 Å². The number of carbonyl (C=O) groups excluding carboxylic acids is 3. The van der Waals surface area contributed by atoms with Crippen molar-refractivity contribution in [2.24, 2.45) is 0 Å². The van der Waals surface area contributed by atoms with Crippen LogP contribution in [0.2, 0.25) is 0 Å². The molecule has 1 atom stereocenters. The van der Waals surface area contributed by atoms with Gasteiger partial charge >= 0.3 is 17.9 Å². The lowest BCUT2D eigenvalue weighted by Gasteiger charge is -2.18. The Morgan fingerprint density at radius 2 is 0.547 bits per heavy atom. The van der Waals surface area contributed by atoms with E-state index in [1.54, 1.807) is 0 Å². The van der Waals surface area contributed by atoms with Gasteiger partial charge in [0.1, 0.15) is 13.2 Å². The summed E-state index contributed by atoms with van der Waals surface area (Å²) in [7, 11) is 0. The molecule has 0 aliphatic rings. The Labute approximate surface area is 399 Å². The number of rotatable bonds is 53. The van der Waals surface area contributed by atoms with Crippen LogP contribution in [0.5, 0.6) is 0 Å². The molecule has 0 rings (SSSR count). The largest absolute Gasteiger partial charge is 0.462 e. The van der Waals surface area contributed by atoms with Crippen LogP contribution in [0.15, 0.2) is 12.2 Å². The van der Waals surface area contributed by atoms with E-state index < -0.39 is 6.10 Å². The molecule has 0 amide bonds. The Morgan fingerprint density at radius 3 is 0.844 bits per heavy atom. The lowest BCUT2D eigenvalue weighted by atomic mass is 10.0. The van der Waals surface area contributed by atoms with Crippen LogP contribution < -0.4 is 0 Å². The summed E-state index contributed by atoms with van der Waals surface area (Å²) in [6.07, 6.45) is 60.8. The molecule has 0 heterocycles. The molecule has 0 aromatic heterocycles. The summed E-state index contributed by atoms with van der Waals surface area (Å²) >= 11 is 0. The van der Waals surface area contributed by atoms with Gasteiger partial charge in [0.15, 0.2) is 6.10 Å². The van der Waals surface area contributed by atoms with Crippen molar-refractivity contribution in [3.05, 3.63) is 12.2 Å². The van der Waals surface area contributed by atoms with E-state index >= 15 is 0 Å². The fourth-order valence-electron chi connectivity index (χ4n) is 8.68. The van der Waals surface area contributed by atoms with Crippen molar-refractivity contribution in [1.82, 2.24) is 0 Å². The zero-order chi connectivity index (χ0) is 46.5. The fourth-order valence-corrected chi connectivity index (χ4v) is 8.68. The first-order chi connectivity index (χ1) is 31.5. The zero-order valence-electron chi connectivity index (χ0n) is 43.3. The van der Waals surface area contributed by atoms with Gasteiger partial charge in [-0.2, -0.15) is 0 Å². The highest BCUT2D eigenvalue weighted by Gasteiger charge is 2.19. The average Bonchev–Trinajstić information content (AvgIpc) is 3.29. The van der Waals surface area contributed by atoms with Crippen LogP contribution in [0.4, 0.5) is 0 Å². The Morgan fingerprint density at radius 1 is 0.297 bits per heavy atom. The minimum Gasteiger partial charge on any atom is -0.462 e. The molecule has 0 fully saturated rings. The average molecular weight is 904 g/mol. The minimum atomic E-state index is -0.766. The second-order valence-corrected chi connectivity index (χ2v) is 19.6. The van der Waals surface area contributed by atoms with Crippen LogP contribution >= 0.6 is 0 Å². The maximum absolute atomic E-state index is 12.8. The van der Waals surface area contributed by atoms with E-state index in [2.05, 4.69) is 32.9 Å². The third kappa shape index (κ3) is 51.1. The number of esters is 3. The number of ether oxygens (including phenoxy) is 3. The molecular formula is C58H110O6. The van der Waals surface area contributed by atoms with Gasteiger partial charge in [0.05, 0.1) is 0 Å². The van der Waals surface area contributed by atoms with Crippen molar-refractivity contribution < 1.29 is 28.6 Å². The van der Waals surface area contributed by atoms with Gasteiger partial charge in [0.2, 0.25) is 0 Å². The van der Waals surface area contributed by atoms with Crippen molar-refractivity contribution in [3.8, 4) is 0 Å². The maximum Gasteiger partial charge on any atom is 0.306 e. The molecule has 0 spiro atoms. The Balaban J connectivity index is 4.12. The number of hydrogen-bond acceptors (Lipinski definition) is 6. The molecule has 6 nitrogen and oxygen atoms in total. The van der Waals surface area contributed by atoms with Crippen molar-refractivity contribution in [3.63, 3.8) is 0 Å². The molecule has 0 aliphatic carbocycles. The molecule has 378 valence electrons. The van der Waals surface area contributed by atoms with E-state index in [-0.39, 0.29) is 31.1 Å². The van der Waals surface area contributed by atoms with Crippen LogP contribution in [0.25, 0.3) is 0 Å². The number of allylic oxidation sites excluding steroid dienone is 2. The van der Waals surface area contributed by atoms with Crippen LogP contribution in [0, 0.1) is 0 Å². The lowest BCUT2D eigenvalue weighted by Crippen LogP contribution is -2.30. The van der Waals surface area contributed by atoms with E-state index in [0.717, 1.165) is 70.6 Å². The molecule has 0 aromatic rings. The van der Waals surface area contributed by atoms with Crippen LogP contribution in [0.1, 0.15) is 323 Å². The molecule has 1 unspecified atom stereocenters.